The van der Waals surface area contributed by atoms with Crippen molar-refractivity contribution < 1.29 is 0 Å². The van der Waals surface area contributed by atoms with Crippen molar-refractivity contribution >= 4 is 23.0 Å². The highest BCUT2D eigenvalue weighted by Gasteiger charge is 1.93. The van der Waals surface area contributed by atoms with Gasteiger partial charge >= 0.3 is 0 Å². The largest absolute Gasteiger partial charge is 0.348 e. The molecule has 0 saturated carbocycles. The zero-order chi connectivity index (χ0) is 6.57. The van der Waals surface area contributed by atoms with Gasteiger partial charge in [-0.1, -0.05) is 14.9 Å². The Morgan fingerprint density at radius 2 is 1.70 bits per heavy atom. The van der Waals surface area contributed by atoms with E-state index in [0.29, 0.717) is 6.67 Å². The molecule has 0 aliphatic heterocycles. The zero-order valence-corrected chi connectivity index (χ0v) is 5.33. The molecular formula is C5H16B3N2. The summed E-state index contributed by atoms with van der Waals surface area (Å²) in [6, 6.07) is 0. The van der Waals surface area contributed by atoms with Crippen LogP contribution in [-0.2, 0) is 0 Å². The maximum Gasteiger partial charge on any atom is 0.183 e. The molecule has 5 heteroatoms. The Labute approximate surface area is 69.0 Å². The molecule has 0 N–H and O–H groups in total. The van der Waals surface area contributed by atoms with Crippen LogP contribution in [0.3, 0.4) is 0 Å². The molecule has 0 aliphatic rings. The van der Waals surface area contributed by atoms with Gasteiger partial charge in [-0.25, -0.2) is 0 Å². The highest BCUT2D eigenvalue weighted by molar-refractivity contribution is 6.87. The fourth-order valence-corrected chi connectivity index (χ4v) is 0.399. The first-order valence-corrected chi connectivity index (χ1v) is 2.38. The normalized spacial score (nSPS) is 8.40. The highest BCUT2D eigenvalue weighted by atomic mass is 15.2. The van der Waals surface area contributed by atoms with Crippen LogP contribution in [0.1, 0.15) is 14.9 Å². The summed E-state index contributed by atoms with van der Waals surface area (Å²) in [5.41, 5.74) is 0. The minimum atomic E-state index is 0. The van der Waals surface area contributed by atoms with Crippen molar-refractivity contribution in [3.8, 4) is 0 Å². The van der Waals surface area contributed by atoms with Crippen LogP contribution in [0.15, 0.2) is 0 Å². The molecule has 0 heterocycles. The summed E-state index contributed by atoms with van der Waals surface area (Å²) in [4.78, 5) is 3.32. The maximum absolute atomic E-state index is 5.28. The molecule has 0 unspecified atom stereocenters. The lowest BCUT2D eigenvalue weighted by molar-refractivity contribution is 0.384. The molecule has 2 nitrogen and oxygen atoms in total. The Kier molecular flexibility index (Phi) is 15.1. The van der Waals surface area contributed by atoms with Gasteiger partial charge in [0.1, 0.15) is 7.31 Å². The Hall–Kier alpha value is 0.115. The molecule has 0 aromatic rings. The Bertz CT molecular complexity index is 60.9. The predicted octanol–water partition coefficient (Wildman–Crippen LogP) is -0.134. The summed E-state index contributed by atoms with van der Waals surface area (Å²) < 4.78 is 0. The van der Waals surface area contributed by atoms with Crippen molar-refractivity contribution in [2.24, 2.45) is 0 Å². The fourth-order valence-electron chi connectivity index (χ4n) is 0.399. The molecule has 0 rings (SSSR count). The minimum Gasteiger partial charge on any atom is -0.348 e. The molecule has 0 amide bonds. The van der Waals surface area contributed by atoms with Gasteiger partial charge in [-0.2, -0.15) is 0 Å². The SMILES string of the molecule is C.C.[B][B]N(C)CN([B])C. The summed E-state index contributed by atoms with van der Waals surface area (Å²) >= 11 is 0. The smallest absolute Gasteiger partial charge is 0.183 e. The van der Waals surface area contributed by atoms with Gasteiger partial charge in [0.15, 0.2) is 7.98 Å². The highest BCUT2D eigenvalue weighted by Crippen LogP contribution is 1.76. The number of nitrogens with zero attached hydrogens (tertiary/aromatic N) is 2. The summed E-state index contributed by atoms with van der Waals surface area (Å²) in [5.74, 6) is 0. The molecule has 10 heavy (non-hydrogen) atoms. The summed E-state index contributed by atoms with van der Waals surface area (Å²) in [6.07, 6.45) is 0. The van der Waals surface area contributed by atoms with Crippen molar-refractivity contribution in [2.45, 2.75) is 14.9 Å². The van der Waals surface area contributed by atoms with Crippen molar-refractivity contribution in [2.75, 3.05) is 20.8 Å². The van der Waals surface area contributed by atoms with Gasteiger partial charge in [-0.05, 0) is 14.1 Å². The molecule has 0 aromatic carbocycles. The van der Waals surface area contributed by atoms with Gasteiger partial charge in [-0.15, -0.1) is 0 Å². The quantitative estimate of drug-likeness (QED) is 0.394. The second-order valence-corrected chi connectivity index (χ2v) is 1.80. The van der Waals surface area contributed by atoms with E-state index in [-0.39, 0.29) is 14.9 Å². The third-order valence-electron chi connectivity index (χ3n) is 0.701. The van der Waals surface area contributed by atoms with Crippen molar-refractivity contribution in [1.29, 1.82) is 0 Å². The molecule has 5 radical (unpaired) electrons. The fraction of sp³-hybridized carbons (Fsp3) is 1.00. The number of rotatable bonds is 3. The van der Waals surface area contributed by atoms with Crippen molar-refractivity contribution in [3.63, 3.8) is 0 Å². The van der Waals surface area contributed by atoms with Gasteiger partial charge in [0, 0.05) is 14.4 Å². The van der Waals surface area contributed by atoms with Crippen LogP contribution in [0.5, 0.6) is 0 Å². The molecule has 0 fully saturated rings. The number of hydrogen-bond acceptors (Lipinski definition) is 2. The van der Waals surface area contributed by atoms with Crippen molar-refractivity contribution in [1.82, 2.24) is 9.62 Å². The van der Waals surface area contributed by atoms with E-state index in [2.05, 4.69) is 0 Å². The average molecular weight is 137 g/mol. The molecule has 0 spiro atoms. The van der Waals surface area contributed by atoms with Crippen molar-refractivity contribution in [3.05, 3.63) is 0 Å². The first-order chi connectivity index (χ1) is 3.66. The summed E-state index contributed by atoms with van der Waals surface area (Å²) in [7, 11) is 15.5. The second-order valence-electron chi connectivity index (χ2n) is 1.80. The number of hydrogen-bond donors (Lipinski definition) is 0. The molecule has 0 bridgehead atoms. The van der Waals surface area contributed by atoms with Gasteiger partial charge in [0.25, 0.3) is 0 Å². The first kappa shape index (κ1) is 16.6. The summed E-state index contributed by atoms with van der Waals surface area (Å²) in [6.45, 7) is 0.649. The molecule has 0 aliphatic carbocycles. The van der Waals surface area contributed by atoms with Crippen LogP contribution in [0.4, 0.5) is 0 Å². The second kappa shape index (κ2) is 9.11. The Balaban J connectivity index is -0.000000245. The van der Waals surface area contributed by atoms with Crippen LogP contribution < -0.4 is 0 Å². The zero-order valence-electron chi connectivity index (χ0n) is 5.33. The van der Waals surface area contributed by atoms with E-state index in [9.17, 15) is 0 Å². The van der Waals surface area contributed by atoms with E-state index < -0.39 is 0 Å². The van der Waals surface area contributed by atoms with Gasteiger partial charge in [0.2, 0.25) is 0 Å². The third-order valence-corrected chi connectivity index (χ3v) is 0.701. The van der Waals surface area contributed by atoms with E-state index in [4.69, 9.17) is 15.7 Å². The standard InChI is InChI=1S/C3H8B3N2.2CH4/c1-7(5)3-8(2)6-4;;/h3H2,1-2H3;2*1H4. The van der Waals surface area contributed by atoms with Crippen LogP contribution in [0.25, 0.3) is 0 Å². The van der Waals surface area contributed by atoms with Gasteiger partial charge < -0.3 is 9.62 Å². The van der Waals surface area contributed by atoms with Gasteiger partial charge in [0.05, 0.1) is 0 Å². The predicted molar refractivity (Wildman–Crippen MR) is 51.1 cm³/mol. The third kappa shape index (κ3) is 11.0. The lowest BCUT2D eigenvalue weighted by Crippen LogP contribution is -2.33. The molecular weight excluding hydrogens is 121 g/mol. The van der Waals surface area contributed by atoms with E-state index >= 15 is 0 Å². The van der Waals surface area contributed by atoms with E-state index in [1.165, 1.54) is 7.31 Å². The topological polar surface area (TPSA) is 6.48 Å². The van der Waals surface area contributed by atoms with Gasteiger partial charge in [-0.3, -0.25) is 0 Å². The average Bonchev–Trinajstić information content (AvgIpc) is 1.65. The summed E-state index contributed by atoms with van der Waals surface area (Å²) in [5, 5.41) is 0. The van der Waals surface area contributed by atoms with Crippen LogP contribution in [0.2, 0.25) is 0 Å². The lowest BCUT2D eigenvalue weighted by Gasteiger charge is -2.19. The van der Waals surface area contributed by atoms with Crippen LogP contribution in [0, 0.1) is 0 Å². The first-order valence-electron chi connectivity index (χ1n) is 2.38. The molecule has 0 saturated heterocycles. The van der Waals surface area contributed by atoms with Crippen LogP contribution in [-0.4, -0.2) is 53.4 Å². The minimum absolute atomic E-state index is 0. The van der Waals surface area contributed by atoms with E-state index in [1.807, 2.05) is 7.05 Å². The maximum atomic E-state index is 5.28. The monoisotopic (exact) mass is 137 g/mol. The molecule has 55 valence electrons. The Morgan fingerprint density at radius 1 is 1.30 bits per heavy atom. The Morgan fingerprint density at radius 3 is 1.80 bits per heavy atom. The molecule has 0 aromatic heterocycles. The van der Waals surface area contributed by atoms with E-state index in [0.717, 1.165) is 0 Å². The van der Waals surface area contributed by atoms with E-state index in [1.54, 1.807) is 16.7 Å². The lowest BCUT2D eigenvalue weighted by atomic mass is 9.66. The van der Waals surface area contributed by atoms with Crippen LogP contribution >= 0.6 is 0 Å². The molecule has 0 atom stereocenters.